The Hall–Kier alpha value is -2.73. The van der Waals surface area contributed by atoms with Gasteiger partial charge in [0.2, 0.25) is 0 Å². The van der Waals surface area contributed by atoms with E-state index in [2.05, 4.69) is 62.9 Å². The number of thiocarbonyl (C=S) groups is 1. The Bertz CT molecular complexity index is 1040. The van der Waals surface area contributed by atoms with Crippen molar-refractivity contribution in [2.45, 2.75) is 57.7 Å². The molecule has 0 aromatic carbocycles. The topological polar surface area (TPSA) is 46.0 Å². The fourth-order valence-electron chi connectivity index (χ4n) is 5.20. The number of aryl methyl sites for hydroxylation is 1. The molecule has 2 fully saturated rings. The highest BCUT2D eigenvalue weighted by Gasteiger charge is 2.44. The summed E-state index contributed by atoms with van der Waals surface area (Å²) in [5.74, 6) is 0.953. The van der Waals surface area contributed by atoms with Gasteiger partial charge in [-0.3, -0.25) is 4.98 Å². The zero-order valence-electron chi connectivity index (χ0n) is 17.5. The van der Waals surface area contributed by atoms with Crippen LogP contribution < -0.4 is 5.32 Å². The minimum absolute atomic E-state index is 0.0389. The molecular weight excluding hydrogens is 390 g/mol. The lowest BCUT2D eigenvalue weighted by Crippen LogP contribution is -2.37. The first kappa shape index (κ1) is 19.2. The fraction of sp³-hybridized carbons (Fsp3) is 0.375. The first-order chi connectivity index (χ1) is 14.6. The van der Waals surface area contributed by atoms with Crippen LogP contribution in [0, 0.1) is 13.8 Å². The quantitative estimate of drug-likeness (QED) is 0.618. The van der Waals surface area contributed by atoms with Gasteiger partial charge in [-0.25, -0.2) is 4.98 Å². The van der Waals surface area contributed by atoms with Crippen molar-refractivity contribution in [3.8, 4) is 5.82 Å². The van der Waals surface area contributed by atoms with E-state index < -0.39 is 0 Å². The van der Waals surface area contributed by atoms with Crippen LogP contribution in [0.25, 0.3) is 5.82 Å². The molecule has 154 valence electrons. The Labute approximate surface area is 183 Å². The van der Waals surface area contributed by atoms with Crippen LogP contribution in [-0.4, -0.2) is 30.6 Å². The van der Waals surface area contributed by atoms with E-state index in [-0.39, 0.29) is 12.1 Å². The molecule has 1 N–H and O–H groups in total. The number of rotatable bonds is 4. The Morgan fingerprint density at radius 1 is 1.00 bits per heavy atom. The van der Waals surface area contributed by atoms with Gasteiger partial charge in [-0.2, -0.15) is 0 Å². The van der Waals surface area contributed by atoms with Gasteiger partial charge in [-0.15, -0.1) is 0 Å². The molecule has 0 amide bonds. The van der Waals surface area contributed by atoms with E-state index >= 15 is 0 Å². The molecule has 5 nitrogen and oxygen atoms in total. The lowest BCUT2D eigenvalue weighted by molar-refractivity contribution is 0.245. The molecular formula is C24H27N5S. The summed E-state index contributed by atoms with van der Waals surface area (Å²) in [5, 5.41) is 4.46. The molecule has 5 rings (SSSR count). The average Bonchev–Trinajstić information content (AvgIpc) is 3.47. The SMILES string of the molecule is Cc1cc([C@H]2[C@@H](c3ccccn3)NC(=S)N2C2CCCC2)c(C)n1-c1ccccn1. The number of pyridine rings is 2. The van der Waals surface area contributed by atoms with Crippen molar-refractivity contribution in [3.05, 3.63) is 77.5 Å². The van der Waals surface area contributed by atoms with Crippen LogP contribution in [0.4, 0.5) is 0 Å². The third-order valence-corrected chi connectivity index (χ3v) is 6.85. The molecule has 3 aromatic heterocycles. The standard InChI is InChI=1S/C24H27N5S/c1-16-15-19(17(2)28(16)21-12-6-8-14-26-21)23-22(20-11-5-7-13-25-20)27-24(30)29(23)18-9-3-4-10-18/h5-8,11-15,18,22-23H,3-4,9-10H2,1-2H3,(H,27,30)/t22-,23+/m1/s1. The van der Waals surface area contributed by atoms with Gasteiger partial charge in [-0.1, -0.05) is 25.0 Å². The zero-order valence-corrected chi connectivity index (χ0v) is 18.3. The van der Waals surface area contributed by atoms with E-state index in [0.717, 1.165) is 16.6 Å². The monoisotopic (exact) mass is 417 g/mol. The molecule has 3 aromatic rings. The van der Waals surface area contributed by atoms with Gasteiger partial charge in [0.15, 0.2) is 5.11 Å². The van der Waals surface area contributed by atoms with Crippen molar-refractivity contribution in [1.82, 2.24) is 24.8 Å². The van der Waals surface area contributed by atoms with Crippen molar-refractivity contribution in [2.75, 3.05) is 0 Å². The van der Waals surface area contributed by atoms with Crippen LogP contribution in [0.3, 0.4) is 0 Å². The maximum atomic E-state index is 5.88. The molecule has 0 spiro atoms. The van der Waals surface area contributed by atoms with E-state index in [0.29, 0.717) is 6.04 Å². The number of hydrogen-bond donors (Lipinski definition) is 1. The molecule has 6 heteroatoms. The van der Waals surface area contributed by atoms with Crippen LogP contribution >= 0.6 is 12.2 Å². The van der Waals surface area contributed by atoms with Crippen molar-refractivity contribution >= 4 is 17.3 Å². The summed E-state index contributed by atoms with van der Waals surface area (Å²) in [4.78, 5) is 11.7. The lowest BCUT2D eigenvalue weighted by atomic mass is 9.95. The van der Waals surface area contributed by atoms with Crippen LogP contribution in [0.15, 0.2) is 54.9 Å². The summed E-state index contributed by atoms with van der Waals surface area (Å²) in [6.45, 7) is 4.35. The van der Waals surface area contributed by atoms with E-state index in [1.807, 2.05) is 30.6 Å². The third-order valence-electron chi connectivity index (χ3n) is 6.52. The molecule has 1 saturated carbocycles. The van der Waals surface area contributed by atoms with Gasteiger partial charge in [0.1, 0.15) is 5.82 Å². The number of aromatic nitrogens is 3. The zero-order chi connectivity index (χ0) is 20.7. The molecule has 1 aliphatic heterocycles. The summed E-state index contributed by atoms with van der Waals surface area (Å²) in [5.41, 5.74) is 4.73. The summed E-state index contributed by atoms with van der Waals surface area (Å²) in [7, 11) is 0. The molecule has 0 bridgehead atoms. The maximum absolute atomic E-state index is 5.88. The Kier molecular flexibility index (Phi) is 5.03. The lowest BCUT2D eigenvalue weighted by Gasteiger charge is -2.33. The first-order valence-electron chi connectivity index (χ1n) is 10.7. The average molecular weight is 418 g/mol. The van der Waals surface area contributed by atoms with Crippen molar-refractivity contribution in [1.29, 1.82) is 0 Å². The second kappa shape index (κ2) is 7.84. The van der Waals surface area contributed by atoms with Crippen molar-refractivity contribution < 1.29 is 0 Å². The number of hydrogen-bond acceptors (Lipinski definition) is 3. The Morgan fingerprint density at radius 2 is 1.73 bits per heavy atom. The maximum Gasteiger partial charge on any atom is 0.170 e. The molecule has 1 saturated heterocycles. The van der Waals surface area contributed by atoms with E-state index in [9.17, 15) is 0 Å². The largest absolute Gasteiger partial charge is 0.352 e. The van der Waals surface area contributed by atoms with Gasteiger partial charge in [-0.05, 0) is 74.8 Å². The van der Waals surface area contributed by atoms with Crippen LogP contribution in [0.5, 0.6) is 0 Å². The molecule has 30 heavy (non-hydrogen) atoms. The summed E-state index contributed by atoms with van der Waals surface area (Å²) >= 11 is 5.88. The van der Waals surface area contributed by atoms with Gasteiger partial charge in [0, 0.05) is 29.8 Å². The summed E-state index contributed by atoms with van der Waals surface area (Å²) in [6, 6.07) is 15.1. The summed E-state index contributed by atoms with van der Waals surface area (Å²) < 4.78 is 2.25. The van der Waals surface area contributed by atoms with Crippen molar-refractivity contribution in [3.63, 3.8) is 0 Å². The highest BCUT2D eigenvalue weighted by molar-refractivity contribution is 7.80. The predicted molar refractivity (Wildman–Crippen MR) is 123 cm³/mol. The van der Waals surface area contributed by atoms with E-state index in [1.165, 1.54) is 42.6 Å². The van der Waals surface area contributed by atoms with Gasteiger partial charge in [0.05, 0.1) is 17.8 Å². The van der Waals surface area contributed by atoms with Crippen LogP contribution in [0.2, 0.25) is 0 Å². The second-order valence-electron chi connectivity index (χ2n) is 8.32. The van der Waals surface area contributed by atoms with Crippen LogP contribution in [-0.2, 0) is 0 Å². The molecule has 1 aliphatic carbocycles. The number of nitrogens with one attached hydrogen (secondary N) is 1. The molecule has 2 aliphatic rings. The molecule has 0 unspecified atom stereocenters. The predicted octanol–water partition coefficient (Wildman–Crippen LogP) is 4.80. The smallest absolute Gasteiger partial charge is 0.170 e. The molecule has 0 radical (unpaired) electrons. The molecule has 2 atom stereocenters. The third kappa shape index (κ3) is 3.19. The second-order valence-corrected chi connectivity index (χ2v) is 8.71. The summed E-state index contributed by atoms with van der Waals surface area (Å²) in [6.07, 6.45) is 8.67. The fourth-order valence-corrected chi connectivity index (χ4v) is 5.59. The van der Waals surface area contributed by atoms with E-state index in [4.69, 9.17) is 12.2 Å². The highest BCUT2D eigenvalue weighted by Crippen LogP contribution is 2.44. The Balaban J connectivity index is 1.64. The normalized spacial score (nSPS) is 21.9. The highest BCUT2D eigenvalue weighted by atomic mass is 32.1. The van der Waals surface area contributed by atoms with E-state index in [1.54, 1.807) is 0 Å². The molecule has 4 heterocycles. The number of nitrogens with zero attached hydrogens (tertiary/aromatic N) is 4. The van der Waals surface area contributed by atoms with Gasteiger partial charge < -0.3 is 14.8 Å². The van der Waals surface area contributed by atoms with Crippen LogP contribution in [0.1, 0.15) is 60.4 Å². The van der Waals surface area contributed by atoms with Gasteiger partial charge in [0.25, 0.3) is 0 Å². The Morgan fingerprint density at radius 3 is 2.40 bits per heavy atom. The minimum atomic E-state index is 0.0389. The van der Waals surface area contributed by atoms with Crippen molar-refractivity contribution in [2.24, 2.45) is 0 Å². The first-order valence-corrected chi connectivity index (χ1v) is 11.2. The van der Waals surface area contributed by atoms with Gasteiger partial charge >= 0.3 is 0 Å². The minimum Gasteiger partial charge on any atom is -0.352 e.